The first kappa shape index (κ1) is 12.5. The molecular weight excluding hydrogens is 237 g/mol. The average Bonchev–Trinajstić information content (AvgIpc) is 3.15. The lowest BCUT2D eigenvalue weighted by atomic mass is 10.3. The Labute approximate surface area is 104 Å². The van der Waals surface area contributed by atoms with Crippen molar-refractivity contribution in [3.8, 4) is 0 Å². The van der Waals surface area contributed by atoms with E-state index in [1.54, 1.807) is 6.07 Å². The number of carbonyl (C=O) groups excluding carboxylic acids is 2. The van der Waals surface area contributed by atoms with E-state index in [1.807, 2.05) is 0 Å². The van der Waals surface area contributed by atoms with Crippen LogP contribution in [0, 0.1) is 11.7 Å². The first-order chi connectivity index (χ1) is 8.58. The number of hydrogen-bond donors (Lipinski definition) is 1. The number of esters is 1. The lowest BCUT2D eigenvalue weighted by Crippen LogP contribution is -2.30. The van der Waals surface area contributed by atoms with Gasteiger partial charge in [0.2, 0.25) is 0 Å². The van der Waals surface area contributed by atoms with Crippen molar-refractivity contribution in [3.05, 3.63) is 30.1 Å². The quantitative estimate of drug-likeness (QED) is 0.834. The van der Waals surface area contributed by atoms with E-state index in [4.69, 9.17) is 4.74 Å². The molecule has 2 rings (SSSR count). The highest BCUT2D eigenvalue weighted by molar-refractivity contribution is 5.95. The number of halogens is 1. The van der Waals surface area contributed by atoms with Gasteiger partial charge < -0.3 is 10.1 Å². The summed E-state index contributed by atoms with van der Waals surface area (Å²) in [4.78, 5) is 23.1. The fourth-order valence-electron chi connectivity index (χ4n) is 1.44. The molecule has 1 atom stereocenters. The van der Waals surface area contributed by atoms with Crippen LogP contribution >= 0.6 is 0 Å². The number of rotatable bonds is 4. The number of nitrogens with one attached hydrogen (secondary N) is 1. The minimum absolute atomic E-state index is 0.0614. The molecular formula is C13H14FNO3. The lowest BCUT2D eigenvalue weighted by molar-refractivity contribution is -0.154. The fraction of sp³-hybridized carbons (Fsp3) is 0.385. The third kappa shape index (κ3) is 3.06. The average molecular weight is 251 g/mol. The maximum Gasteiger partial charge on any atom is 0.309 e. The summed E-state index contributed by atoms with van der Waals surface area (Å²) in [5, 5.41) is 2.38. The van der Waals surface area contributed by atoms with Gasteiger partial charge in [0.05, 0.1) is 11.6 Å². The summed E-state index contributed by atoms with van der Waals surface area (Å²) in [5.41, 5.74) is 0.0804. The normalized spacial score (nSPS) is 15.9. The van der Waals surface area contributed by atoms with E-state index in [0.717, 1.165) is 12.8 Å². The standard InChI is InChI=1S/C13H14FNO3/c1-8(18-13(17)9-6-7-9)12(16)15-11-5-3-2-4-10(11)14/h2-5,8-9H,6-7H2,1H3,(H,15,16)/t8-/m1/s1. The first-order valence-electron chi connectivity index (χ1n) is 5.84. The number of carbonyl (C=O) groups is 2. The van der Waals surface area contributed by atoms with E-state index in [-0.39, 0.29) is 17.6 Å². The molecule has 0 spiro atoms. The molecule has 1 N–H and O–H groups in total. The van der Waals surface area contributed by atoms with Gasteiger partial charge in [-0.2, -0.15) is 0 Å². The molecule has 1 fully saturated rings. The second-order valence-electron chi connectivity index (χ2n) is 4.32. The van der Waals surface area contributed by atoms with Crippen molar-refractivity contribution >= 4 is 17.6 Å². The Bertz CT molecular complexity index is 471. The summed E-state index contributed by atoms with van der Waals surface area (Å²) in [6, 6.07) is 5.83. The Balaban J connectivity index is 1.90. The number of ether oxygens (including phenoxy) is 1. The predicted octanol–water partition coefficient (Wildman–Crippen LogP) is 2.11. The van der Waals surface area contributed by atoms with Gasteiger partial charge in [-0.1, -0.05) is 12.1 Å². The molecule has 1 amide bonds. The highest BCUT2D eigenvalue weighted by Crippen LogP contribution is 2.30. The van der Waals surface area contributed by atoms with Crippen molar-refractivity contribution in [2.24, 2.45) is 5.92 Å². The summed E-state index contributed by atoms with van der Waals surface area (Å²) < 4.78 is 18.3. The van der Waals surface area contributed by atoms with E-state index >= 15 is 0 Å². The van der Waals surface area contributed by atoms with Crippen LogP contribution < -0.4 is 5.32 Å². The van der Waals surface area contributed by atoms with E-state index in [9.17, 15) is 14.0 Å². The third-order valence-corrected chi connectivity index (χ3v) is 2.70. The second-order valence-corrected chi connectivity index (χ2v) is 4.32. The van der Waals surface area contributed by atoms with Crippen LogP contribution in [0.25, 0.3) is 0 Å². The van der Waals surface area contributed by atoms with Crippen LogP contribution in [0.3, 0.4) is 0 Å². The maximum atomic E-state index is 13.3. The van der Waals surface area contributed by atoms with Gasteiger partial charge in [-0.05, 0) is 31.9 Å². The van der Waals surface area contributed by atoms with Gasteiger partial charge in [0.1, 0.15) is 5.82 Å². The first-order valence-corrected chi connectivity index (χ1v) is 5.84. The maximum absolute atomic E-state index is 13.3. The zero-order valence-electron chi connectivity index (χ0n) is 9.98. The van der Waals surface area contributed by atoms with Crippen LogP contribution in [0.4, 0.5) is 10.1 Å². The largest absolute Gasteiger partial charge is 0.452 e. The summed E-state index contributed by atoms with van der Waals surface area (Å²) in [6.07, 6.45) is 0.721. The Hall–Kier alpha value is -1.91. The highest BCUT2D eigenvalue weighted by atomic mass is 19.1. The zero-order chi connectivity index (χ0) is 13.1. The lowest BCUT2D eigenvalue weighted by Gasteiger charge is -2.13. The van der Waals surface area contributed by atoms with Crippen LogP contribution in [-0.2, 0) is 14.3 Å². The van der Waals surface area contributed by atoms with Gasteiger partial charge in [0.25, 0.3) is 5.91 Å². The van der Waals surface area contributed by atoms with Crippen molar-refractivity contribution in [3.63, 3.8) is 0 Å². The van der Waals surface area contributed by atoms with Crippen LogP contribution in [0.1, 0.15) is 19.8 Å². The minimum Gasteiger partial charge on any atom is -0.452 e. The van der Waals surface area contributed by atoms with E-state index in [1.165, 1.54) is 25.1 Å². The smallest absolute Gasteiger partial charge is 0.309 e. The SMILES string of the molecule is C[C@@H](OC(=O)C1CC1)C(=O)Nc1ccccc1F. The molecule has 1 saturated carbocycles. The summed E-state index contributed by atoms with van der Waals surface area (Å²) >= 11 is 0. The van der Waals surface area contributed by atoms with E-state index in [0.29, 0.717) is 0 Å². The minimum atomic E-state index is -0.919. The Morgan fingerprint density at radius 1 is 1.39 bits per heavy atom. The van der Waals surface area contributed by atoms with Crippen molar-refractivity contribution in [1.82, 2.24) is 0 Å². The number of benzene rings is 1. The van der Waals surface area contributed by atoms with Crippen LogP contribution in [0.5, 0.6) is 0 Å². The molecule has 0 unspecified atom stereocenters. The van der Waals surface area contributed by atoms with Crippen LogP contribution in [0.2, 0.25) is 0 Å². The molecule has 0 aromatic heterocycles. The molecule has 5 heteroatoms. The Morgan fingerprint density at radius 3 is 2.67 bits per heavy atom. The number of anilines is 1. The van der Waals surface area contributed by atoms with Gasteiger partial charge in [-0.15, -0.1) is 0 Å². The fourth-order valence-corrected chi connectivity index (χ4v) is 1.44. The van der Waals surface area contributed by atoms with Gasteiger partial charge >= 0.3 is 5.97 Å². The molecule has 1 aliphatic carbocycles. The summed E-state index contributed by atoms with van der Waals surface area (Å²) in [7, 11) is 0. The summed E-state index contributed by atoms with van der Waals surface area (Å²) in [6.45, 7) is 1.47. The number of hydrogen-bond acceptors (Lipinski definition) is 3. The molecule has 4 nitrogen and oxygen atoms in total. The molecule has 0 aliphatic heterocycles. The van der Waals surface area contributed by atoms with Crippen LogP contribution in [0.15, 0.2) is 24.3 Å². The van der Waals surface area contributed by atoms with Gasteiger partial charge in [0.15, 0.2) is 6.10 Å². The van der Waals surface area contributed by atoms with Gasteiger partial charge in [-0.3, -0.25) is 9.59 Å². The van der Waals surface area contributed by atoms with Gasteiger partial charge in [-0.25, -0.2) is 4.39 Å². The zero-order valence-corrected chi connectivity index (χ0v) is 9.98. The molecule has 1 aliphatic rings. The van der Waals surface area contributed by atoms with E-state index < -0.39 is 17.8 Å². The second kappa shape index (κ2) is 5.16. The molecule has 96 valence electrons. The monoisotopic (exact) mass is 251 g/mol. The van der Waals surface area contributed by atoms with Crippen molar-refractivity contribution in [2.45, 2.75) is 25.9 Å². The molecule has 0 heterocycles. The van der Waals surface area contributed by atoms with Crippen molar-refractivity contribution in [1.29, 1.82) is 0 Å². The number of amides is 1. The Morgan fingerprint density at radius 2 is 2.06 bits per heavy atom. The van der Waals surface area contributed by atoms with E-state index in [2.05, 4.69) is 5.32 Å². The molecule has 0 saturated heterocycles. The summed E-state index contributed by atoms with van der Waals surface area (Å²) in [5.74, 6) is -1.47. The Kier molecular flexibility index (Phi) is 3.60. The predicted molar refractivity (Wildman–Crippen MR) is 63.3 cm³/mol. The topological polar surface area (TPSA) is 55.4 Å². The molecule has 1 aromatic rings. The molecule has 0 radical (unpaired) electrons. The van der Waals surface area contributed by atoms with Crippen molar-refractivity contribution in [2.75, 3.05) is 5.32 Å². The molecule has 0 bridgehead atoms. The van der Waals surface area contributed by atoms with Crippen molar-refractivity contribution < 1.29 is 18.7 Å². The molecule has 18 heavy (non-hydrogen) atoms. The van der Waals surface area contributed by atoms with Gasteiger partial charge in [0, 0.05) is 0 Å². The third-order valence-electron chi connectivity index (χ3n) is 2.70. The number of para-hydroxylation sites is 1. The highest BCUT2D eigenvalue weighted by Gasteiger charge is 2.33. The molecule has 1 aromatic carbocycles. The van der Waals surface area contributed by atoms with Crippen LogP contribution in [-0.4, -0.2) is 18.0 Å².